The molecule has 6 heteroatoms. The minimum absolute atomic E-state index is 0.128. The minimum atomic E-state index is -0.128. The number of pyridine rings is 1. The molecule has 6 nitrogen and oxygen atoms in total. The number of amides is 1. The van der Waals surface area contributed by atoms with Gasteiger partial charge < -0.3 is 16.0 Å². The van der Waals surface area contributed by atoms with Crippen molar-refractivity contribution >= 4 is 11.7 Å². The summed E-state index contributed by atoms with van der Waals surface area (Å²) in [5.41, 5.74) is 6.89. The van der Waals surface area contributed by atoms with E-state index in [1.54, 1.807) is 24.5 Å². The first-order valence-corrected chi connectivity index (χ1v) is 6.16. The molecule has 0 aliphatic heterocycles. The van der Waals surface area contributed by atoms with E-state index in [1.807, 2.05) is 6.92 Å². The first-order valence-electron chi connectivity index (χ1n) is 6.16. The maximum Gasteiger partial charge on any atom is 0.251 e. The van der Waals surface area contributed by atoms with Crippen molar-refractivity contribution in [3.63, 3.8) is 0 Å². The molecule has 19 heavy (non-hydrogen) atoms. The topological polar surface area (TPSA) is 96.7 Å². The maximum atomic E-state index is 11.9. The quantitative estimate of drug-likeness (QED) is 0.699. The van der Waals surface area contributed by atoms with Gasteiger partial charge >= 0.3 is 0 Å². The van der Waals surface area contributed by atoms with Crippen LogP contribution in [0.3, 0.4) is 0 Å². The van der Waals surface area contributed by atoms with E-state index in [4.69, 9.17) is 5.73 Å². The summed E-state index contributed by atoms with van der Waals surface area (Å²) in [5.74, 6) is 1.16. The second-order valence-electron chi connectivity index (χ2n) is 4.32. The molecular formula is C13H17N5O. The highest BCUT2D eigenvalue weighted by molar-refractivity contribution is 5.94. The van der Waals surface area contributed by atoms with Gasteiger partial charge in [-0.1, -0.05) is 0 Å². The molecule has 0 aliphatic carbocycles. The minimum Gasteiger partial charge on any atom is -0.384 e. The number of aromatic amines is 1. The number of imidazole rings is 1. The number of aryl methyl sites for hydroxylation is 2. The summed E-state index contributed by atoms with van der Waals surface area (Å²) < 4.78 is 0. The Balaban J connectivity index is 1.80. The molecule has 0 bridgehead atoms. The van der Waals surface area contributed by atoms with Crippen molar-refractivity contribution in [1.82, 2.24) is 20.3 Å². The number of nitrogens with one attached hydrogen (secondary N) is 2. The molecule has 1 amide bonds. The number of rotatable bonds is 5. The van der Waals surface area contributed by atoms with Gasteiger partial charge in [0.15, 0.2) is 0 Å². The normalized spacial score (nSPS) is 10.4. The van der Waals surface area contributed by atoms with Gasteiger partial charge in [0, 0.05) is 36.6 Å². The number of hydrogen-bond donors (Lipinski definition) is 3. The van der Waals surface area contributed by atoms with Crippen LogP contribution in [0.15, 0.2) is 24.5 Å². The highest BCUT2D eigenvalue weighted by atomic mass is 16.1. The Hall–Kier alpha value is -2.37. The van der Waals surface area contributed by atoms with Gasteiger partial charge in [-0.25, -0.2) is 9.97 Å². The van der Waals surface area contributed by atoms with Gasteiger partial charge in [0.05, 0.1) is 0 Å². The van der Waals surface area contributed by atoms with Crippen LogP contribution in [0, 0.1) is 6.92 Å². The fourth-order valence-electron chi connectivity index (χ4n) is 1.82. The summed E-state index contributed by atoms with van der Waals surface area (Å²) in [4.78, 5) is 23.1. The van der Waals surface area contributed by atoms with E-state index in [9.17, 15) is 4.79 Å². The van der Waals surface area contributed by atoms with Crippen LogP contribution in [0.5, 0.6) is 0 Å². The van der Waals surface area contributed by atoms with Gasteiger partial charge in [-0.15, -0.1) is 0 Å². The number of H-pyrrole nitrogens is 1. The predicted octanol–water partition coefficient (Wildman–Crippen LogP) is 1.06. The molecule has 0 atom stereocenters. The lowest BCUT2D eigenvalue weighted by molar-refractivity contribution is 0.0953. The molecule has 2 heterocycles. The highest BCUT2D eigenvalue weighted by Crippen LogP contribution is 2.06. The third kappa shape index (κ3) is 3.80. The molecule has 0 unspecified atom stereocenters. The molecule has 2 rings (SSSR count). The molecule has 0 saturated carbocycles. The molecule has 0 saturated heterocycles. The van der Waals surface area contributed by atoms with E-state index in [2.05, 4.69) is 20.3 Å². The molecule has 0 fully saturated rings. The van der Waals surface area contributed by atoms with Crippen molar-refractivity contribution < 1.29 is 4.79 Å². The van der Waals surface area contributed by atoms with Gasteiger partial charge in [-0.3, -0.25) is 4.79 Å². The average Bonchev–Trinajstić information content (AvgIpc) is 2.86. The third-order valence-electron chi connectivity index (χ3n) is 2.67. The molecule has 0 aliphatic rings. The number of aromatic nitrogens is 3. The van der Waals surface area contributed by atoms with E-state index in [1.165, 1.54) is 0 Å². The number of nitrogens with zero attached hydrogens (tertiary/aromatic N) is 2. The number of hydrogen-bond acceptors (Lipinski definition) is 4. The van der Waals surface area contributed by atoms with Gasteiger partial charge in [0.2, 0.25) is 0 Å². The Kier molecular flexibility index (Phi) is 4.12. The van der Waals surface area contributed by atoms with Crippen molar-refractivity contribution in [3.8, 4) is 0 Å². The van der Waals surface area contributed by atoms with E-state index in [0.29, 0.717) is 17.9 Å². The van der Waals surface area contributed by atoms with E-state index >= 15 is 0 Å². The van der Waals surface area contributed by atoms with E-state index < -0.39 is 0 Å². The summed E-state index contributed by atoms with van der Waals surface area (Å²) in [7, 11) is 0. The fraction of sp³-hybridized carbons (Fsp3) is 0.308. The van der Waals surface area contributed by atoms with Gasteiger partial charge in [-0.05, 0) is 25.5 Å². The summed E-state index contributed by atoms with van der Waals surface area (Å²) in [6, 6.07) is 3.30. The Labute approximate surface area is 111 Å². The number of anilines is 1. The Bertz CT molecular complexity index is 530. The number of nitrogens with two attached hydrogens (primary N) is 1. The van der Waals surface area contributed by atoms with Crippen LogP contribution in [0.2, 0.25) is 0 Å². The lowest BCUT2D eigenvalue weighted by Gasteiger charge is -2.06. The maximum absolute atomic E-state index is 11.9. The molecular weight excluding hydrogens is 242 g/mol. The van der Waals surface area contributed by atoms with Crippen LogP contribution in [0.4, 0.5) is 5.82 Å². The molecule has 0 spiro atoms. The molecule has 0 aromatic carbocycles. The van der Waals surface area contributed by atoms with Crippen molar-refractivity contribution in [2.24, 2.45) is 0 Å². The van der Waals surface area contributed by atoms with Crippen LogP contribution in [0.1, 0.15) is 28.3 Å². The lowest BCUT2D eigenvalue weighted by Crippen LogP contribution is -2.25. The average molecular weight is 259 g/mol. The molecule has 4 N–H and O–H groups in total. The van der Waals surface area contributed by atoms with Crippen LogP contribution in [-0.4, -0.2) is 27.4 Å². The van der Waals surface area contributed by atoms with Crippen molar-refractivity contribution in [1.29, 1.82) is 0 Å². The van der Waals surface area contributed by atoms with Crippen LogP contribution in [0.25, 0.3) is 0 Å². The zero-order valence-corrected chi connectivity index (χ0v) is 10.8. The summed E-state index contributed by atoms with van der Waals surface area (Å²) in [5, 5.41) is 2.85. The summed E-state index contributed by atoms with van der Waals surface area (Å²) in [6.07, 6.45) is 5.15. The van der Waals surface area contributed by atoms with Crippen molar-refractivity contribution in [3.05, 3.63) is 41.6 Å². The fourth-order valence-corrected chi connectivity index (χ4v) is 1.82. The molecule has 2 aromatic heterocycles. The Morgan fingerprint density at radius 2 is 2.32 bits per heavy atom. The van der Waals surface area contributed by atoms with Gasteiger partial charge in [0.25, 0.3) is 5.91 Å². The Morgan fingerprint density at radius 1 is 1.47 bits per heavy atom. The van der Waals surface area contributed by atoms with Crippen molar-refractivity contribution in [2.75, 3.05) is 12.3 Å². The third-order valence-corrected chi connectivity index (χ3v) is 2.67. The lowest BCUT2D eigenvalue weighted by atomic mass is 10.2. The first-order chi connectivity index (χ1) is 9.15. The Morgan fingerprint density at radius 3 is 3.00 bits per heavy atom. The largest absolute Gasteiger partial charge is 0.384 e. The van der Waals surface area contributed by atoms with Crippen molar-refractivity contribution in [2.45, 2.75) is 19.8 Å². The second-order valence-corrected chi connectivity index (χ2v) is 4.32. The molecule has 100 valence electrons. The first kappa shape index (κ1) is 13.1. The number of nitrogen functional groups attached to an aromatic ring is 1. The number of carbonyl (C=O) groups is 1. The predicted molar refractivity (Wildman–Crippen MR) is 72.6 cm³/mol. The van der Waals surface area contributed by atoms with Crippen LogP contribution in [-0.2, 0) is 6.42 Å². The SMILES string of the molecule is Cc1cc(C(=O)NCCCc2ncc[nH]2)cc(N)n1. The van der Waals surface area contributed by atoms with E-state index in [0.717, 1.165) is 24.4 Å². The zero-order valence-electron chi connectivity index (χ0n) is 10.8. The van der Waals surface area contributed by atoms with E-state index in [-0.39, 0.29) is 5.91 Å². The van der Waals surface area contributed by atoms with Crippen LogP contribution < -0.4 is 11.1 Å². The highest BCUT2D eigenvalue weighted by Gasteiger charge is 2.07. The summed E-state index contributed by atoms with van der Waals surface area (Å²) in [6.45, 7) is 2.41. The molecule has 0 radical (unpaired) electrons. The van der Waals surface area contributed by atoms with Gasteiger partial charge in [-0.2, -0.15) is 0 Å². The summed E-state index contributed by atoms with van der Waals surface area (Å²) >= 11 is 0. The number of carbonyl (C=O) groups excluding carboxylic acids is 1. The zero-order chi connectivity index (χ0) is 13.7. The second kappa shape index (κ2) is 5.99. The molecule has 2 aromatic rings. The van der Waals surface area contributed by atoms with Crippen LogP contribution >= 0.6 is 0 Å². The van der Waals surface area contributed by atoms with Gasteiger partial charge in [0.1, 0.15) is 11.6 Å². The monoisotopic (exact) mass is 259 g/mol. The standard InChI is InChI=1S/C13H17N5O/c1-9-7-10(8-11(14)18-9)13(19)17-4-2-3-12-15-5-6-16-12/h5-8H,2-4H2,1H3,(H2,14,18)(H,15,16)(H,17,19). The smallest absolute Gasteiger partial charge is 0.251 e.